The maximum atomic E-state index is 2.34. The van der Waals surface area contributed by atoms with Crippen LogP contribution in [-0.4, -0.2) is 0 Å². The van der Waals surface area contributed by atoms with Crippen molar-refractivity contribution in [3.05, 3.63) is 268 Å². The molecule has 0 aromatic heterocycles. The Kier molecular flexibility index (Phi) is 12.9. The molecule has 0 saturated carbocycles. The van der Waals surface area contributed by atoms with Crippen LogP contribution in [0.4, 0.5) is 51.2 Å². The topological polar surface area (TPSA) is 9.72 Å². The van der Waals surface area contributed by atoms with Crippen molar-refractivity contribution in [1.29, 1.82) is 0 Å². The van der Waals surface area contributed by atoms with Crippen LogP contribution in [0, 0.1) is 34.6 Å². The molecule has 66 heavy (non-hydrogen) atoms. The molecule has 0 saturated heterocycles. The molecule has 0 atom stereocenters. The lowest BCUT2D eigenvalue weighted by molar-refractivity contribution is 1.27. The number of nitrogens with zero attached hydrogens (tertiary/aromatic N) is 3. The molecule has 0 bridgehead atoms. The van der Waals surface area contributed by atoms with Gasteiger partial charge in [-0.2, -0.15) is 0 Å². The first-order valence-corrected chi connectivity index (χ1v) is 22.7. The largest absolute Gasteiger partial charge is 0.311 e. The molecule has 0 aliphatic heterocycles. The number of rotatable bonds is 13. The smallest absolute Gasteiger partial charge is 0.0467 e. The summed E-state index contributed by atoms with van der Waals surface area (Å²) in [6, 6.07) is 78.8. The minimum atomic E-state index is 1.09. The molecular formula is C63H55N3. The van der Waals surface area contributed by atoms with Crippen LogP contribution >= 0.6 is 0 Å². The van der Waals surface area contributed by atoms with Gasteiger partial charge in [0.25, 0.3) is 0 Å². The Morgan fingerprint density at radius 3 is 0.682 bits per heavy atom. The summed E-state index contributed by atoms with van der Waals surface area (Å²) in [5.41, 5.74) is 20.8. The highest BCUT2D eigenvalue weighted by Gasteiger charge is 2.16. The fourth-order valence-electron chi connectivity index (χ4n) is 8.20. The fourth-order valence-corrected chi connectivity index (χ4v) is 8.20. The maximum Gasteiger partial charge on any atom is 0.0467 e. The predicted octanol–water partition coefficient (Wildman–Crippen LogP) is 18.0. The van der Waals surface area contributed by atoms with Crippen LogP contribution in [-0.2, 0) is 0 Å². The Hall–Kier alpha value is -8.14. The van der Waals surface area contributed by atoms with E-state index in [0.29, 0.717) is 0 Å². The van der Waals surface area contributed by atoms with Crippen LogP contribution in [0.25, 0.3) is 24.3 Å². The molecule has 9 aromatic carbocycles. The van der Waals surface area contributed by atoms with Gasteiger partial charge in [0, 0.05) is 51.2 Å². The first kappa shape index (κ1) is 43.1. The summed E-state index contributed by atoms with van der Waals surface area (Å²) in [5.74, 6) is 0. The molecule has 0 heterocycles. The van der Waals surface area contributed by atoms with Gasteiger partial charge in [0.15, 0.2) is 0 Å². The molecule has 0 aliphatic rings. The van der Waals surface area contributed by atoms with Crippen LogP contribution in [0.5, 0.6) is 0 Å². The molecular weight excluding hydrogens is 799 g/mol. The second-order valence-corrected chi connectivity index (χ2v) is 17.2. The molecule has 0 unspecified atom stereocenters. The standard InChI is InChI=1S/C63H55N3/c1-46-12-30-55(31-13-46)64(56-32-14-47(2)15-33-56)60-40-26-51(27-41-60)22-24-53-8-6-10-62(44-53)66(59-38-20-50(5)21-39-59)63-11-7-9-54(45-63)25-23-52-28-42-61(43-29-52)65(57-34-16-48(3)17-35-57)58-36-18-49(4)19-37-58/h6-45H,1-5H3/b24-22+,25-23+. The van der Waals surface area contributed by atoms with Crippen molar-refractivity contribution in [2.75, 3.05) is 14.7 Å². The number of anilines is 9. The Balaban J connectivity index is 0.959. The molecule has 0 spiro atoms. The van der Waals surface area contributed by atoms with Gasteiger partial charge in [-0.25, -0.2) is 0 Å². The minimum absolute atomic E-state index is 1.09. The third-order valence-electron chi connectivity index (χ3n) is 12.0. The molecule has 0 radical (unpaired) electrons. The lowest BCUT2D eigenvalue weighted by Gasteiger charge is -2.26. The highest BCUT2D eigenvalue weighted by molar-refractivity contribution is 5.83. The third kappa shape index (κ3) is 10.3. The summed E-state index contributed by atoms with van der Waals surface area (Å²) in [7, 11) is 0. The van der Waals surface area contributed by atoms with E-state index < -0.39 is 0 Å². The van der Waals surface area contributed by atoms with E-state index in [9.17, 15) is 0 Å². The number of aryl methyl sites for hydroxylation is 5. The van der Waals surface area contributed by atoms with E-state index in [1.807, 2.05) is 0 Å². The highest BCUT2D eigenvalue weighted by Crippen LogP contribution is 2.38. The van der Waals surface area contributed by atoms with Crippen molar-refractivity contribution in [2.45, 2.75) is 34.6 Å². The van der Waals surface area contributed by atoms with E-state index in [0.717, 1.165) is 73.4 Å². The zero-order valence-electron chi connectivity index (χ0n) is 38.4. The van der Waals surface area contributed by atoms with Gasteiger partial charge >= 0.3 is 0 Å². The number of hydrogen-bond donors (Lipinski definition) is 0. The van der Waals surface area contributed by atoms with Gasteiger partial charge in [-0.15, -0.1) is 0 Å². The van der Waals surface area contributed by atoms with Crippen molar-refractivity contribution in [2.24, 2.45) is 0 Å². The van der Waals surface area contributed by atoms with Crippen molar-refractivity contribution in [3.63, 3.8) is 0 Å². The summed E-state index contributed by atoms with van der Waals surface area (Å²) in [4.78, 5) is 6.96. The van der Waals surface area contributed by atoms with Crippen LogP contribution in [0.2, 0.25) is 0 Å². The molecule has 0 amide bonds. The summed E-state index contributed by atoms with van der Waals surface area (Å²) >= 11 is 0. The zero-order chi connectivity index (χ0) is 45.4. The Bertz CT molecular complexity index is 2790. The van der Waals surface area contributed by atoms with Crippen LogP contribution in [0.1, 0.15) is 50.1 Å². The van der Waals surface area contributed by atoms with Crippen molar-refractivity contribution < 1.29 is 0 Å². The van der Waals surface area contributed by atoms with E-state index >= 15 is 0 Å². The molecule has 3 nitrogen and oxygen atoms in total. The third-order valence-corrected chi connectivity index (χ3v) is 12.0. The SMILES string of the molecule is Cc1ccc(N(c2ccc(C)cc2)c2ccc(/C=C/c3cccc(N(c4ccc(C)cc4)c4cccc(/C=C/c5ccc(N(c6ccc(C)cc6)c6ccc(C)cc6)cc5)c4)c3)cc2)cc1. The van der Waals surface area contributed by atoms with Gasteiger partial charge in [0.05, 0.1) is 0 Å². The maximum absolute atomic E-state index is 2.34. The van der Waals surface area contributed by atoms with E-state index in [2.05, 4.69) is 292 Å². The van der Waals surface area contributed by atoms with Crippen molar-refractivity contribution in [3.8, 4) is 0 Å². The summed E-state index contributed by atoms with van der Waals surface area (Å²) in [6.07, 6.45) is 8.80. The van der Waals surface area contributed by atoms with Crippen LogP contribution in [0.15, 0.2) is 218 Å². The molecule has 0 aliphatic carbocycles. The first-order chi connectivity index (χ1) is 32.2. The highest BCUT2D eigenvalue weighted by atomic mass is 15.2. The van der Waals surface area contributed by atoms with Crippen LogP contribution < -0.4 is 14.7 Å². The van der Waals surface area contributed by atoms with Gasteiger partial charge in [-0.3, -0.25) is 0 Å². The zero-order valence-corrected chi connectivity index (χ0v) is 38.4. The average molecular weight is 854 g/mol. The lowest BCUT2D eigenvalue weighted by atomic mass is 10.1. The van der Waals surface area contributed by atoms with Crippen molar-refractivity contribution in [1.82, 2.24) is 0 Å². The minimum Gasteiger partial charge on any atom is -0.311 e. The van der Waals surface area contributed by atoms with Gasteiger partial charge < -0.3 is 14.7 Å². The van der Waals surface area contributed by atoms with E-state index in [1.165, 1.54) is 27.8 Å². The molecule has 0 fully saturated rings. The van der Waals surface area contributed by atoms with Gasteiger partial charge in [0.1, 0.15) is 0 Å². The second kappa shape index (κ2) is 19.7. The van der Waals surface area contributed by atoms with Gasteiger partial charge in [0.2, 0.25) is 0 Å². The Morgan fingerprint density at radius 2 is 0.424 bits per heavy atom. The van der Waals surface area contributed by atoms with Crippen molar-refractivity contribution >= 4 is 75.5 Å². The van der Waals surface area contributed by atoms with Gasteiger partial charge in [-0.05, 0) is 166 Å². The molecule has 9 aromatic rings. The summed E-state index contributed by atoms with van der Waals surface area (Å²) in [6.45, 7) is 10.6. The molecule has 9 rings (SSSR count). The second-order valence-electron chi connectivity index (χ2n) is 17.2. The molecule has 322 valence electrons. The molecule has 3 heteroatoms. The number of hydrogen-bond acceptors (Lipinski definition) is 3. The average Bonchev–Trinajstić information content (AvgIpc) is 3.34. The van der Waals surface area contributed by atoms with Gasteiger partial charge in [-0.1, -0.05) is 161 Å². The lowest BCUT2D eigenvalue weighted by Crippen LogP contribution is -2.10. The van der Waals surface area contributed by atoms with E-state index in [-0.39, 0.29) is 0 Å². The molecule has 0 N–H and O–H groups in total. The Morgan fingerprint density at radius 1 is 0.212 bits per heavy atom. The van der Waals surface area contributed by atoms with E-state index in [1.54, 1.807) is 0 Å². The quantitative estimate of drug-likeness (QED) is 0.107. The summed E-state index contributed by atoms with van der Waals surface area (Å²) in [5, 5.41) is 0. The van der Waals surface area contributed by atoms with Crippen LogP contribution in [0.3, 0.4) is 0 Å². The predicted molar refractivity (Wildman–Crippen MR) is 285 cm³/mol. The first-order valence-electron chi connectivity index (χ1n) is 22.7. The summed E-state index contributed by atoms with van der Waals surface area (Å²) < 4.78 is 0. The monoisotopic (exact) mass is 853 g/mol. The number of benzene rings is 9. The van der Waals surface area contributed by atoms with E-state index in [4.69, 9.17) is 0 Å². The Labute approximate surface area is 391 Å². The normalized spacial score (nSPS) is 11.3. The fraction of sp³-hybridized carbons (Fsp3) is 0.0794.